The van der Waals surface area contributed by atoms with Gasteiger partial charge in [0.15, 0.2) is 5.16 Å². The monoisotopic (exact) mass is 243 g/mol. The van der Waals surface area contributed by atoms with Crippen molar-refractivity contribution >= 4 is 17.7 Å². The lowest BCUT2D eigenvalue weighted by atomic mass is 10.1. The van der Waals surface area contributed by atoms with Crippen LogP contribution in [0.2, 0.25) is 0 Å². The third-order valence-corrected chi connectivity index (χ3v) is 3.83. The first-order valence-corrected chi connectivity index (χ1v) is 5.89. The summed E-state index contributed by atoms with van der Waals surface area (Å²) in [7, 11) is 5.06. The third-order valence-electron chi connectivity index (χ3n) is 2.45. The van der Waals surface area contributed by atoms with Crippen LogP contribution in [-0.2, 0) is 16.6 Å². The van der Waals surface area contributed by atoms with Gasteiger partial charge in [-0.2, -0.15) is 0 Å². The van der Waals surface area contributed by atoms with Crippen molar-refractivity contribution in [3.8, 4) is 0 Å². The summed E-state index contributed by atoms with van der Waals surface area (Å²) in [4.78, 5) is 15.8. The topological polar surface area (TPSA) is 56.2 Å². The average molecular weight is 243 g/mol. The van der Waals surface area contributed by atoms with Crippen LogP contribution in [0.25, 0.3) is 0 Å². The number of nitrogens with zero attached hydrogens (tertiary/aromatic N) is 2. The molecule has 16 heavy (non-hydrogen) atoms. The Bertz CT molecular complexity index is 367. The minimum atomic E-state index is -0.689. The van der Waals surface area contributed by atoms with E-state index in [4.69, 9.17) is 4.74 Å². The van der Waals surface area contributed by atoms with Gasteiger partial charge in [-0.05, 0) is 14.0 Å². The molecule has 0 aliphatic heterocycles. The maximum Gasteiger partial charge on any atom is 0.326 e. The average Bonchev–Trinajstić information content (AvgIpc) is 2.70. The molecule has 0 spiro atoms. The maximum atomic E-state index is 11.6. The van der Waals surface area contributed by atoms with Crippen molar-refractivity contribution < 1.29 is 9.53 Å². The predicted molar refractivity (Wildman–Crippen MR) is 63.4 cm³/mol. The van der Waals surface area contributed by atoms with Crippen molar-refractivity contribution in [2.45, 2.75) is 17.6 Å². The first kappa shape index (κ1) is 13.1. The van der Waals surface area contributed by atoms with E-state index in [-0.39, 0.29) is 5.97 Å². The van der Waals surface area contributed by atoms with E-state index in [9.17, 15) is 4.79 Å². The molecule has 1 unspecified atom stereocenters. The Morgan fingerprint density at radius 1 is 1.75 bits per heavy atom. The Balaban J connectivity index is 2.65. The van der Waals surface area contributed by atoms with Crippen molar-refractivity contribution in [3.63, 3.8) is 0 Å². The minimum absolute atomic E-state index is 0.267. The molecule has 0 amide bonds. The van der Waals surface area contributed by atoms with Gasteiger partial charge in [0.05, 0.1) is 7.11 Å². The molecule has 1 aromatic heterocycles. The third kappa shape index (κ3) is 2.76. The quantitative estimate of drug-likeness (QED) is 0.608. The number of carbonyl (C=O) groups is 1. The van der Waals surface area contributed by atoms with E-state index in [2.05, 4.69) is 10.3 Å². The molecule has 90 valence electrons. The number of esters is 1. The number of aromatic nitrogens is 2. The minimum Gasteiger partial charge on any atom is -0.468 e. The molecule has 0 fully saturated rings. The normalized spacial score (nSPS) is 14.5. The lowest BCUT2D eigenvalue weighted by Crippen LogP contribution is -2.50. The van der Waals surface area contributed by atoms with Gasteiger partial charge in [-0.1, -0.05) is 11.8 Å². The number of hydrogen-bond acceptors (Lipinski definition) is 5. The molecule has 6 heteroatoms. The molecule has 1 rings (SSSR count). The molecule has 0 saturated carbocycles. The van der Waals surface area contributed by atoms with Gasteiger partial charge < -0.3 is 14.6 Å². The molecule has 1 atom stereocenters. The largest absolute Gasteiger partial charge is 0.468 e. The zero-order valence-corrected chi connectivity index (χ0v) is 10.8. The number of thioether (sulfide) groups is 1. The molecule has 1 N–H and O–H groups in total. The summed E-state index contributed by atoms with van der Waals surface area (Å²) in [5, 5.41) is 3.86. The van der Waals surface area contributed by atoms with Crippen LogP contribution in [0.5, 0.6) is 0 Å². The molecule has 0 aliphatic carbocycles. The van der Waals surface area contributed by atoms with Gasteiger partial charge in [0, 0.05) is 25.2 Å². The number of hydrogen-bond donors (Lipinski definition) is 1. The second kappa shape index (κ2) is 5.36. The standard InChI is InChI=1S/C10H17N3O2S/c1-10(11-2,8(14)15-4)7-16-9-12-5-6-13(9)3/h5-6,11H,7H2,1-4H3. The SMILES string of the molecule is CNC(C)(CSc1nccn1C)C(=O)OC. The Morgan fingerprint density at radius 3 is 2.88 bits per heavy atom. The Morgan fingerprint density at radius 2 is 2.44 bits per heavy atom. The molecular formula is C10H17N3O2S. The summed E-state index contributed by atoms with van der Waals surface area (Å²) in [6.45, 7) is 1.81. The highest BCUT2D eigenvalue weighted by atomic mass is 32.2. The van der Waals surface area contributed by atoms with E-state index >= 15 is 0 Å². The van der Waals surface area contributed by atoms with Crippen molar-refractivity contribution in [3.05, 3.63) is 12.4 Å². The molecule has 1 aromatic rings. The fourth-order valence-electron chi connectivity index (χ4n) is 1.16. The molecule has 1 heterocycles. The Hall–Kier alpha value is -1.01. The number of likely N-dealkylation sites (N-methyl/N-ethyl adjacent to an activating group) is 1. The molecule has 0 bridgehead atoms. The van der Waals surface area contributed by atoms with Crippen LogP contribution in [0.3, 0.4) is 0 Å². The van der Waals surface area contributed by atoms with Crippen LogP contribution < -0.4 is 5.32 Å². The van der Waals surface area contributed by atoms with Gasteiger partial charge in [0.2, 0.25) is 0 Å². The number of imidazole rings is 1. The molecule has 0 aromatic carbocycles. The van der Waals surface area contributed by atoms with E-state index in [0.29, 0.717) is 5.75 Å². The van der Waals surface area contributed by atoms with Crippen molar-refractivity contribution in [1.82, 2.24) is 14.9 Å². The molecular weight excluding hydrogens is 226 g/mol. The smallest absolute Gasteiger partial charge is 0.326 e. The number of ether oxygens (including phenoxy) is 1. The van der Waals surface area contributed by atoms with Crippen molar-refractivity contribution in [2.75, 3.05) is 19.9 Å². The summed E-state index contributed by atoms with van der Waals surface area (Å²) >= 11 is 1.52. The Kier molecular flexibility index (Phi) is 4.37. The highest BCUT2D eigenvalue weighted by molar-refractivity contribution is 7.99. The van der Waals surface area contributed by atoms with Gasteiger partial charge >= 0.3 is 5.97 Å². The summed E-state index contributed by atoms with van der Waals surface area (Å²) in [6, 6.07) is 0. The molecule has 5 nitrogen and oxygen atoms in total. The van der Waals surface area contributed by atoms with Crippen LogP contribution >= 0.6 is 11.8 Å². The van der Waals surface area contributed by atoms with E-state index in [1.54, 1.807) is 13.2 Å². The van der Waals surface area contributed by atoms with Gasteiger partial charge in [-0.25, -0.2) is 4.98 Å². The Labute approximate surface area is 99.6 Å². The maximum absolute atomic E-state index is 11.6. The van der Waals surface area contributed by atoms with Crippen molar-refractivity contribution in [1.29, 1.82) is 0 Å². The van der Waals surface area contributed by atoms with Gasteiger partial charge in [0.1, 0.15) is 5.54 Å². The first-order valence-electron chi connectivity index (χ1n) is 4.91. The van der Waals surface area contributed by atoms with E-state index in [1.807, 2.05) is 24.7 Å². The molecule has 0 saturated heterocycles. The van der Waals surface area contributed by atoms with Crippen LogP contribution in [0.15, 0.2) is 17.6 Å². The molecule has 0 radical (unpaired) electrons. The number of methoxy groups -OCH3 is 1. The fourth-order valence-corrected chi connectivity index (χ4v) is 2.24. The molecule has 0 aliphatic rings. The summed E-state index contributed by atoms with van der Waals surface area (Å²) < 4.78 is 6.68. The lowest BCUT2D eigenvalue weighted by Gasteiger charge is -2.25. The summed E-state index contributed by atoms with van der Waals surface area (Å²) in [5.74, 6) is 0.304. The van der Waals surface area contributed by atoms with Crippen LogP contribution in [0.4, 0.5) is 0 Å². The first-order chi connectivity index (χ1) is 7.53. The van der Waals surface area contributed by atoms with Crippen LogP contribution in [-0.4, -0.2) is 41.0 Å². The number of carbonyl (C=O) groups excluding carboxylic acids is 1. The lowest BCUT2D eigenvalue weighted by molar-refractivity contribution is -0.146. The number of nitrogens with one attached hydrogen (secondary N) is 1. The van der Waals surface area contributed by atoms with E-state index in [0.717, 1.165) is 5.16 Å². The summed E-state index contributed by atoms with van der Waals surface area (Å²) in [6.07, 6.45) is 3.61. The second-order valence-corrected chi connectivity index (χ2v) is 4.63. The van der Waals surface area contributed by atoms with Crippen molar-refractivity contribution in [2.24, 2.45) is 7.05 Å². The van der Waals surface area contributed by atoms with Gasteiger partial charge in [-0.15, -0.1) is 0 Å². The van der Waals surface area contributed by atoms with Crippen LogP contribution in [0, 0.1) is 0 Å². The van der Waals surface area contributed by atoms with Gasteiger partial charge in [-0.3, -0.25) is 4.79 Å². The second-order valence-electron chi connectivity index (χ2n) is 3.68. The zero-order chi connectivity index (χ0) is 12.2. The van der Waals surface area contributed by atoms with E-state index in [1.165, 1.54) is 18.9 Å². The highest BCUT2D eigenvalue weighted by Gasteiger charge is 2.33. The number of rotatable bonds is 5. The van der Waals surface area contributed by atoms with Gasteiger partial charge in [0.25, 0.3) is 0 Å². The summed E-state index contributed by atoms with van der Waals surface area (Å²) in [5.41, 5.74) is -0.689. The number of aryl methyl sites for hydroxylation is 1. The predicted octanol–water partition coefficient (Wildman–Crippen LogP) is 0.663. The highest BCUT2D eigenvalue weighted by Crippen LogP contribution is 2.21. The van der Waals surface area contributed by atoms with Crippen LogP contribution in [0.1, 0.15) is 6.92 Å². The van der Waals surface area contributed by atoms with E-state index < -0.39 is 5.54 Å². The zero-order valence-electron chi connectivity index (χ0n) is 9.98. The fraction of sp³-hybridized carbons (Fsp3) is 0.600.